The smallest absolute Gasteiger partial charge is 0.191 e. The number of pyridine rings is 1. The van der Waals surface area contributed by atoms with Crippen LogP contribution in [0.15, 0.2) is 65.8 Å². The summed E-state index contributed by atoms with van der Waals surface area (Å²) in [5.41, 5.74) is 21.0. The lowest BCUT2D eigenvalue weighted by Gasteiger charge is -2.10. The lowest BCUT2D eigenvalue weighted by atomic mass is 10.0. The molecule has 0 radical (unpaired) electrons. The zero-order valence-corrected chi connectivity index (χ0v) is 13.8. The number of aromatic nitrogens is 1. The van der Waals surface area contributed by atoms with Gasteiger partial charge in [-0.1, -0.05) is 36.4 Å². The second-order valence-corrected chi connectivity index (χ2v) is 5.45. The summed E-state index contributed by atoms with van der Waals surface area (Å²) in [7, 11) is 1.60. The van der Waals surface area contributed by atoms with Crippen LogP contribution in [0, 0.1) is 0 Å². The third-order valence-corrected chi connectivity index (χ3v) is 3.75. The van der Waals surface area contributed by atoms with Crippen LogP contribution in [0.1, 0.15) is 11.1 Å². The van der Waals surface area contributed by atoms with Crippen LogP contribution in [0.3, 0.4) is 0 Å². The van der Waals surface area contributed by atoms with Crippen LogP contribution in [0.5, 0.6) is 5.75 Å². The van der Waals surface area contributed by atoms with Crippen LogP contribution in [0.2, 0.25) is 0 Å². The second-order valence-electron chi connectivity index (χ2n) is 5.45. The number of benzene rings is 2. The van der Waals surface area contributed by atoms with Crippen molar-refractivity contribution >= 4 is 28.3 Å². The van der Waals surface area contributed by atoms with Crippen molar-refractivity contribution < 1.29 is 4.74 Å². The average molecular weight is 333 g/mol. The first-order chi connectivity index (χ1) is 12.1. The van der Waals surface area contributed by atoms with Crippen molar-refractivity contribution in [1.29, 1.82) is 0 Å². The third-order valence-electron chi connectivity index (χ3n) is 3.75. The number of methoxy groups -OCH3 is 1. The molecule has 6 N–H and O–H groups in total. The molecule has 0 amide bonds. The van der Waals surface area contributed by atoms with E-state index in [-0.39, 0.29) is 5.96 Å². The fourth-order valence-corrected chi connectivity index (χ4v) is 2.53. The summed E-state index contributed by atoms with van der Waals surface area (Å²) in [5.74, 6) is 0.630. The van der Waals surface area contributed by atoms with Gasteiger partial charge in [0.05, 0.1) is 30.2 Å². The Bertz CT molecular complexity index is 960. The average Bonchev–Trinajstić information content (AvgIpc) is 2.65. The zero-order valence-electron chi connectivity index (χ0n) is 13.8. The van der Waals surface area contributed by atoms with Crippen LogP contribution in [-0.2, 0) is 0 Å². The Labute approximate surface area is 145 Å². The Balaban J connectivity index is 2.18. The molecule has 25 heavy (non-hydrogen) atoms. The van der Waals surface area contributed by atoms with Gasteiger partial charge in [0.25, 0.3) is 0 Å². The molecule has 0 atom stereocenters. The van der Waals surface area contributed by atoms with E-state index in [0.717, 1.165) is 22.0 Å². The number of nitrogens with zero attached hydrogens (tertiary/aromatic N) is 2. The molecule has 6 nitrogen and oxygen atoms in total. The molecule has 6 heteroatoms. The monoisotopic (exact) mass is 333 g/mol. The topological polar surface area (TPSA) is 113 Å². The van der Waals surface area contributed by atoms with Gasteiger partial charge in [-0.15, -0.1) is 0 Å². The van der Waals surface area contributed by atoms with Crippen LogP contribution >= 0.6 is 0 Å². The number of hydrogen-bond acceptors (Lipinski definition) is 4. The molecule has 0 spiro atoms. The number of fused-ring (bicyclic) bond motifs is 1. The predicted octanol–water partition coefficient (Wildman–Crippen LogP) is 2.30. The van der Waals surface area contributed by atoms with Gasteiger partial charge in [0.15, 0.2) is 5.96 Å². The quantitative estimate of drug-likeness (QED) is 0.385. The van der Waals surface area contributed by atoms with E-state index in [1.165, 1.54) is 0 Å². The van der Waals surface area contributed by atoms with Crippen LogP contribution in [0.25, 0.3) is 22.3 Å². The standard InChI is InChI=1S/C19H19N5O/c1-25-15-10-14-9-13(7-8-16(14)23-11-15)17(20)18(24-19(21)22)12-5-3-2-4-6-12/h2-11H,20H2,1H3,(H4,21,22,24)/b18-17-. The number of ether oxygens (including phenoxy) is 1. The van der Waals surface area contributed by atoms with Gasteiger partial charge in [0.2, 0.25) is 0 Å². The van der Waals surface area contributed by atoms with Crippen molar-refractivity contribution in [3.8, 4) is 5.75 Å². The van der Waals surface area contributed by atoms with E-state index in [1.54, 1.807) is 13.3 Å². The minimum Gasteiger partial charge on any atom is -0.495 e. The Morgan fingerprint density at radius 2 is 1.72 bits per heavy atom. The number of rotatable bonds is 4. The molecule has 2 aromatic carbocycles. The highest BCUT2D eigenvalue weighted by atomic mass is 16.5. The van der Waals surface area contributed by atoms with Gasteiger partial charge in [-0.3, -0.25) is 4.98 Å². The highest BCUT2D eigenvalue weighted by molar-refractivity contribution is 5.96. The van der Waals surface area contributed by atoms with Crippen LogP contribution in [0.4, 0.5) is 0 Å². The van der Waals surface area contributed by atoms with E-state index >= 15 is 0 Å². The normalized spacial score (nSPS) is 11.7. The Morgan fingerprint density at radius 3 is 2.40 bits per heavy atom. The predicted molar refractivity (Wildman–Crippen MR) is 102 cm³/mol. The Kier molecular flexibility index (Phi) is 4.52. The molecular formula is C19H19N5O. The molecule has 0 fully saturated rings. The third kappa shape index (κ3) is 3.53. The molecule has 0 unspecified atom stereocenters. The Morgan fingerprint density at radius 1 is 0.960 bits per heavy atom. The fourth-order valence-electron chi connectivity index (χ4n) is 2.53. The first kappa shape index (κ1) is 16.3. The molecule has 0 saturated carbocycles. The Hall–Kier alpha value is -3.54. The summed E-state index contributed by atoms with van der Waals surface area (Å²) < 4.78 is 5.23. The zero-order chi connectivity index (χ0) is 17.8. The lowest BCUT2D eigenvalue weighted by Crippen LogP contribution is -2.23. The summed E-state index contributed by atoms with van der Waals surface area (Å²) >= 11 is 0. The van der Waals surface area contributed by atoms with Gasteiger partial charge in [-0.05, 0) is 18.2 Å². The van der Waals surface area contributed by atoms with Crippen LogP contribution < -0.4 is 21.9 Å². The van der Waals surface area contributed by atoms with Gasteiger partial charge in [-0.25, -0.2) is 4.99 Å². The lowest BCUT2D eigenvalue weighted by molar-refractivity contribution is 0.414. The molecule has 0 aliphatic rings. The maximum atomic E-state index is 6.39. The van der Waals surface area contributed by atoms with Gasteiger partial charge in [0, 0.05) is 16.5 Å². The molecule has 1 aromatic heterocycles. The van der Waals surface area contributed by atoms with E-state index < -0.39 is 0 Å². The highest BCUT2D eigenvalue weighted by Gasteiger charge is 2.10. The van der Waals surface area contributed by atoms with Gasteiger partial charge in [-0.2, -0.15) is 0 Å². The van der Waals surface area contributed by atoms with Gasteiger partial charge in [0.1, 0.15) is 5.75 Å². The molecule has 0 aliphatic carbocycles. The molecule has 1 heterocycles. The van der Waals surface area contributed by atoms with Gasteiger partial charge >= 0.3 is 0 Å². The maximum absolute atomic E-state index is 6.39. The number of hydrogen-bond donors (Lipinski definition) is 3. The molecule has 0 saturated heterocycles. The number of guanidine groups is 1. The minimum atomic E-state index is -0.0501. The molecule has 126 valence electrons. The van der Waals surface area contributed by atoms with E-state index in [9.17, 15) is 0 Å². The first-order valence-corrected chi connectivity index (χ1v) is 7.67. The minimum absolute atomic E-state index is 0.0501. The van der Waals surface area contributed by atoms with Gasteiger partial charge < -0.3 is 21.9 Å². The summed E-state index contributed by atoms with van der Waals surface area (Å²) in [4.78, 5) is 8.58. The van der Waals surface area contributed by atoms with Crippen molar-refractivity contribution in [2.24, 2.45) is 22.2 Å². The highest BCUT2D eigenvalue weighted by Crippen LogP contribution is 2.27. The molecule has 3 rings (SSSR count). The second kappa shape index (κ2) is 6.92. The summed E-state index contributed by atoms with van der Waals surface area (Å²) in [6, 6.07) is 17.2. The van der Waals surface area contributed by atoms with E-state index in [1.807, 2.05) is 54.6 Å². The van der Waals surface area contributed by atoms with E-state index in [4.69, 9.17) is 21.9 Å². The maximum Gasteiger partial charge on any atom is 0.191 e. The van der Waals surface area contributed by atoms with Crippen LogP contribution in [-0.4, -0.2) is 18.1 Å². The summed E-state index contributed by atoms with van der Waals surface area (Å²) in [5, 5.41) is 0.914. The van der Waals surface area contributed by atoms with Crippen molar-refractivity contribution in [2.45, 2.75) is 0 Å². The van der Waals surface area contributed by atoms with Crippen molar-refractivity contribution in [2.75, 3.05) is 7.11 Å². The molecular weight excluding hydrogens is 314 g/mol. The number of nitrogens with two attached hydrogens (primary N) is 3. The van der Waals surface area contributed by atoms with Crippen molar-refractivity contribution in [3.05, 3.63) is 71.9 Å². The molecule has 0 bridgehead atoms. The summed E-state index contributed by atoms with van der Waals surface area (Å²) in [6.45, 7) is 0. The largest absolute Gasteiger partial charge is 0.495 e. The fraction of sp³-hybridized carbons (Fsp3) is 0.0526. The SMILES string of the molecule is COc1cnc2ccc(/C(N)=C(/N=C(N)N)c3ccccc3)cc2c1. The summed E-state index contributed by atoms with van der Waals surface area (Å²) in [6.07, 6.45) is 1.68. The van der Waals surface area contributed by atoms with E-state index in [0.29, 0.717) is 17.1 Å². The molecule has 0 aliphatic heterocycles. The first-order valence-electron chi connectivity index (χ1n) is 7.67. The van der Waals surface area contributed by atoms with E-state index in [2.05, 4.69) is 9.98 Å². The van der Waals surface area contributed by atoms with Crippen molar-refractivity contribution in [1.82, 2.24) is 4.98 Å². The van der Waals surface area contributed by atoms with Crippen molar-refractivity contribution in [3.63, 3.8) is 0 Å². The number of aliphatic imine (C=N–C) groups is 1. The molecule has 3 aromatic rings.